The number of hydrogen-bond donors (Lipinski definition) is 1. The van der Waals surface area contributed by atoms with Crippen LogP contribution >= 0.6 is 0 Å². The van der Waals surface area contributed by atoms with Gasteiger partial charge >= 0.3 is 6.01 Å². The number of aromatic nitrogens is 4. The zero-order chi connectivity index (χ0) is 21.2. The summed E-state index contributed by atoms with van der Waals surface area (Å²) in [6.07, 6.45) is 0.316. The smallest absolute Gasteiger partial charge is 0.322 e. The SMILES string of the molecule is CCn1nc(C)cc1C(=O)Nc1nnc(Cc2ccc(S(=O)(=O)C(C)C)cc2)o1. The Bertz CT molecular complexity index is 1110. The highest BCUT2D eigenvalue weighted by molar-refractivity contribution is 7.92. The molecular formula is C19H23N5O4S. The highest BCUT2D eigenvalue weighted by atomic mass is 32.2. The fraction of sp³-hybridized carbons (Fsp3) is 0.368. The van der Waals surface area contributed by atoms with Crippen LogP contribution in [0.2, 0.25) is 0 Å². The van der Waals surface area contributed by atoms with Crippen LogP contribution in [0.3, 0.4) is 0 Å². The maximum absolute atomic E-state index is 12.4. The van der Waals surface area contributed by atoms with E-state index in [2.05, 4.69) is 20.6 Å². The number of carbonyl (C=O) groups is 1. The van der Waals surface area contributed by atoms with Crippen molar-refractivity contribution in [3.05, 3.63) is 53.2 Å². The summed E-state index contributed by atoms with van der Waals surface area (Å²) in [6.45, 7) is 7.56. The molecule has 3 aromatic rings. The number of hydrogen-bond acceptors (Lipinski definition) is 7. The van der Waals surface area contributed by atoms with Gasteiger partial charge in [-0.2, -0.15) is 5.10 Å². The van der Waals surface area contributed by atoms with Crippen molar-refractivity contribution in [3.63, 3.8) is 0 Å². The average Bonchev–Trinajstić information content (AvgIpc) is 3.28. The van der Waals surface area contributed by atoms with E-state index in [0.29, 0.717) is 24.6 Å². The summed E-state index contributed by atoms with van der Waals surface area (Å²) in [5.74, 6) is -0.0779. The lowest BCUT2D eigenvalue weighted by Gasteiger charge is -2.08. The van der Waals surface area contributed by atoms with E-state index < -0.39 is 15.1 Å². The van der Waals surface area contributed by atoms with Crippen LogP contribution in [0.1, 0.15) is 48.4 Å². The molecule has 2 heterocycles. The fourth-order valence-electron chi connectivity index (χ4n) is 2.75. The topological polar surface area (TPSA) is 120 Å². The molecule has 0 unspecified atom stereocenters. The van der Waals surface area contributed by atoms with Crippen LogP contribution < -0.4 is 5.32 Å². The summed E-state index contributed by atoms with van der Waals surface area (Å²) in [7, 11) is -3.31. The Morgan fingerprint density at radius 2 is 1.90 bits per heavy atom. The van der Waals surface area contributed by atoms with E-state index in [4.69, 9.17) is 4.42 Å². The molecule has 0 bridgehead atoms. The summed E-state index contributed by atoms with van der Waals surface area (Å²) >= 11 is 0. The third-order valence-corrected chi connectivity index (χ3v) is 6.52. The van der Waals surface area contributed by atoms with Crippen LogP contribution in [0.15, 0.2) is 39.6 Å². The molecule has 2 aromatic heterocycles. The van der Waals surface area contributed by atoms with Crippen LogP contribution in [0.25, 0.3) is 0 Å². The van der Waals surface area contributed by atoms with Crippen LogP contribution in [0.4, 0.5) is 6.01 Å². The summed E-state index contributed by atoms with van der Waals surface area (Å²) in [4.78, 5) is 12.7. The van der Waals surface area contributed by atoms with E-state index in [0.717, 1.165) is 11.3 Å². The van der Waals surface area contributed by atoms with Gasteiger partial charge in [0.15, 0.2) is 9.84 Å². The predicted octanol–water partition coefficient (Wildman–Crippen LogP) is 2.62. The number of amides is 1. The summed E-state index contributed by atoms with van der Waals surface area (Å²) < 4.78 is 31.5. The first-order valence-corrected chi connectivity index (χ1v) is 10.8. The monoisotopic (exact) mass is 417 g/mol. The number of nitrogens with one attached hydrogen (secondary N) is 1. The molecule has 1 aromatic carbocycles. The van der Waals surface area contributed by atoms with Crippen molar-refractivity contribution in [1.29, 1.82) is 0 Å². The van der Waals surface area contributed by atoms with E-state index in [1.54, 1.807) is 48.9 Å². The second-order valence-electron chi connectivity index (χ2n) is 6.86. The molecule has 29 heavy (non-hydrogen) atoms. The molecule has 154 valence electrons. The van der Waals surface area contributed by atoms with Crippen LogP contribution in [-0.4, -0.2) is 39.6 Å². The molecule has 1 N–H and O–H groups in total. The van der Waals surface area contributed by atoms with E-state index >= 15 is 0 Å². The Morgan fingerprint density at radius 3 is 2.52 bits per heavy atom. The lowest BCUT2D eigenvalue weighted by molar-refractivity contribution is 0.101. The molecule has 0 atom stereocenters. The van der Waals surface area contributed by atoms with Gasteiger partial charge < -0.3 is 4.42 Å². The highest BCUT2D eigenvalue weighted by Gasteiger charge is 2.19. The van der Waals surface area contributed by atoms with Gasteiger partial charge in [0, 0.05) is 6.54 Å². The molecule has 0 saturated carbocycles. The minimum Gasteiger partial charge on any atom is -0.407 e. The number of benzene rings is 1. The normalized spacial score (nSPS) is 11.8. The molecule has 10 heteroatoms. The second kappa shape index (κ2) is 8.16. The predicted molar refractivity (Wildman–Crippen MR) is 106 cm³/mol. The molecule has 0 aliphatic carbocycles. The number of aryl methyl sites for hydroxylation is 2. The molecule has 0 aliphatic rings. The van der Waals surface area contributed by atoms with Gasteiger partial charge in [-0.05, 0) is 51.5 Å². The average molecular weight is 417 g/mol. The second-order valence-corrected chi connectivity index (χ2v) is 9.36. The molecule has 0 radical (unpaired) electrons. The number of sulfone groups is 1. The Labute approximate surface area is 169 Å². The summed E-state index contributed by atoms with van der Waals surface area (Å²) in [5, 5.41) is 14.1. The lowest BCUT2D eigenvalue weighted by Crippen LogP contribution is -2.17. The van der Waals surface area contributed by atoms with E-state index in [1.165, 1.54) is 0 Å². The fourth-order valence-corrected chi connectivity index (χ4v) is 3.81. The van der Waals surface area contributed by atoms with Crippen molar-refractivity contribution in [2.75, 3.05) is 5.32 Å². The first-order chi connectivity index (χ1) is 13.7. The minimum absolute atomic E-state index is 0.00879. The number of anilines is 1. The maximum Gasteiger partial charge on any atom is 0.322 e. The van der Waals surface area contributed by atoms with Crippen LogP contribution in [-0.2, 0) is 22.8 Å². The van der Waals surface area contributed by atoms with Crippen molar-refractivity contribution in [1.82, 2.24) is 20.0 Å². The van der Waals surface area contributed by atoms with Gasteiger partial charge in [0.2, 0.25) is 5.89 Å². The molecule has 0 aliphatic heterocycles. The van der Waals surface area contributed by atoms with E-state index in [-0.39, 0.29) is 16.8 Å². The van der Waals surface area contributed by atoms with E-state index in [9.17, 15) is 13.2 Å². The zero-order valence-electron chi connectivity index (χ0n) is 16.7. The van der Waals surface area contributed by atoms with Gasteiger partial charge in [0.25, 0.3) is 5.91 Å². The molecule has 9 nitrogen and oxygen atoms in total. The third-order valence-electron chi connectivity index (χ3n) is 4.35. The zero-order valence-corrected chi connectivity index (χ0v) is 17.5. The van der Waals surface area contributed by atoms with Crippen LogP contribution in [0.5, 0.6) is 0 Å². The third kappa shape index (κ3) is 4.53. The Morgan fingerprint density at radius 1 is 1.21 bits per heavy atom. The standard InChI is InChI=1S/C19H23N5O4S/c1-5-24-16(10-13(4)23-24)18(25)20-19-22-21-17(28-19)11-14-6-8-15(9-7-14)29(26,27)12(2)3/h6-10,12H,5,11H2,1-4H3,(H,20,22,25). The number of nitrogens with zero attached hydrogens (tertiary/aromatic N) is 4. The Hall–Kier alpha value is -3.01. The maximum atomic E-state index is 12.4. The van der Waals surface area contributed by atoms with E-state index in [1.807, 2.05) is 13.8 Å². The Balaban J connectivity index is 1.68. The summed E-state index contributed by atoms with van der Waals surface area (Å²) in [6, 6.07) is 8.23. The summed E-state index contributed by atoms with van der Waals surface area (Å²) in [5.41, 5.74) is 1.96. The van der Waals surface area contributed by atoms with Crippen molar-refractivity contribution < 1.29 is 17.6 Å². The number of rotatable bonds is 7. The van der Waals surface area contributed by atoms with Gasteiger partial charge in [0.1, 0.15) is 5.69 Å². The first kappa shape index (κ1) is 20.7. The van der Waals surface area contributed by atoms with Gasteiger partial charge in [-0.1, -0.05) is 17.2 Å². The van der Waals surface area contributed by atoms with Gasteiger partial charge in [-0.25, -0.2) is 8.42 Å². The quantitative estimate of drug-likeness (QED) is 0.627. The van der Waals surface area contributed by atoms with Crippen molar-refractivity contribution in [2.24, 2.45) is 0 Å². The first-order valence-electron chi connectivity index (χ1n) is 9.21. The minimum atomic E-state index is -3.31. The van der Waals surface area contributed by atoms with Crippen molar-refractivity contribution >= 4 is 21.8 Å². The van der Waals surface area contributed by atoms with Crippen LogP contribution in [0, 0.1) is 6.92 Å². The van der Waals surface area contributed by atoms with Gasteiger partial charge in [-0.3, -0.25) is 14.8 Å². The molecule has 0 fully saturated rings. The lowest BCUT2D eigenvalue weighted by atomic mass is 10.1. The van der Waals surface area contributed by atoms with Gasteiger partial charge in [0.05, 0.1) is 22.3 Å². The molecule has 1 amide bonds. The molecule has 3 rings (SSSR count). The molecule has 0 spiro atoms. The highest BCUT2D eigenvalue weighted by Crippen LogP contribution is 2.18. The molecular weight excluding hydrogens is 394 g/mol. The van der Waals surface area contributed by atoms with Crippen molar-refractivity contribution in [2.45, 2.75) is 50.8 Å². The number of carbonyl (C=O) groups excluding carboxylic acids is 1. The molecule has 0 saturated heterocycles. The largest absolute Gasteiger partial charge is 0.407 e. The van der Waals surface area contributed by atoms with Crippen molar-refractivity contribution in [3.8, 4) is 0 Å². The Kier molecular flexibility index (Phi) is 5.83. The van der Waals surface area contributed by atoms with Gasteiger partial charge in [-0.15, -0.1) is 5.10 Å².